The number of carbonyl (C=O) groups excluding carboxylic acids is 1. The molecule has 0 spiro atoms. The zero-order valence-electron chi connectivity index (χ0n) is 20.1. The van der Waals surface area contributed by atoms with Crippen molar-refractivity contribution in [3.63, 3.8) is 0 Å². The molecule has 2 aromatic carbocycles. The van der Waals surface area contributed by atoms with E-state index >= 15 is 0 Å². The predicted molar refractivity (Wildman–Crippen MR) is 136 cm³/mol. The number of fused-ring (bicyclic) bond motifs is 3. The molecule has 0 saturated heterocycles. The van der Waals surface area contributed by atoms with Gasteiger partial charge in [-0.3, -0.25) is 14.7 Å². The molecule has 1 N–H and O–H groups in total. The van der Waals surface area contributed by atoms with Gasteiger partial charge in [-0.1, -0.05) is 31.2 Å². The fourth-order valence-electron chi connectivity index (χ4n) is 4.48. The molecule has 1 aliphatic rings. The molecule has 1 aliphatic heterocycles. The van der Waals surface area contributed by atoms with Crippen LogP contribution in [0.1, 0.15) is 65.2 Å². The van der Waals surface area contributed by atoms with E-state index in [0.29, 0.717) is 18.7 Å². The topological polar surface area (TPSA) is 54.5 Å². The monoisotopic (exact) mass is 457 g/mol. The van der Waals surface area contributed by atoms with Gasteiger partial charge in [0.2, 0.25) is 0 Å². The zero-order chi connectivity index (χ0) is 23.6. The maximum absolute atomic E-state index is 12.9. The normalized spacial score (nSPS) is 15.0. The summed E-state index contributed by atoms with van der Waals surface area (Å²) in [5.74, 6) is 0.795. The summed E-state index contributed by atoms with van der Waals surface area (Å²) in [4.78, 5) is 19.5. The minimum atomic E-state index is -0.0806. The van der Waals surface area contributed by atoms with E-state index in [1.165, 1.54) is 24.0 Å². The standard InChI is InChI=1S/C29H35N3O2/c1-2-15-32-16-4-3-5-17-34-28-10-9-26(29(33)31-21-23-11-13-30-14-12-23)20-27(28)19-24-7-6-8-25(18-24)22-32/h6-14,18,20H,2-5,15-17,19,21-22H2,1H3,(H,31,33). The number of carbonyl (C=O) groups is 1. The van der Waals surface area contributed by atoms with Crippen LogP contribution in [0.5, 0.6) is 5.75 Å². The smallest absolute Gasteiger partial charge is 0.251 e. The maximum Gasteiger partial charge on any atom is 0.251 e. The number of hydrogen-bond acceptors (Lipinski definition) is 4. The van der Waals surface area contributed by atoms with Crippen LogP contribution in [-0.4, -0.2) is 35.5 Å². The van der Waals surface area contributed by atoms with Gasteiger partial charge < -0.3 is 10.1 Å². The summed E-state index contributed by atoms with van der Waals surface area (Å²) >= 11 is 0. The highest BCUT2D eigenvalue weighted by Gasteiger charge is 2.13. The van der Waals surface area contributed by atoms with Crippen molar-refractivity contribution in [2.45, 2.75) is 52.1 Å². The van der Waals surface area contributed by atoms with Crippen molar-refractivity contribution in [1.82, 2.24) is 15.2 Å². The van der Waals surface area contributed by atoms with Crippen LogP contribution >= 0.6 is 0 Å². The van der Waals surface area contributed by atoms with Crippen molar-refractivity contribution in [2.24, 2.45) is 0 Å². The van der Waals surface area contributed by atoms with Gasteiger partial charge in [0.15, 0.2) is 0 Å². The highest BCUT2D eigenvalue weighted by molar-refractivity contribution is 5.94. The number of hydrogen-bond donors (Lipinski definition) is 1. The molecule has 178 valence electrons. The molecule has 0 fully saturated rings. The third-order valence-electron chi connectivity index (χ3n) is 6.23. The number of aromatic nitrogens is 1. The van der Waals surface area contributed by atoms with Crippen molar-refractivity contribution in [3.05, 3.63) is 94.8 Å². The Hall–Kier alpha value is -3.18. The summed E-state index contributed by atoms with van der Waals surface area (Å²) in [7, 11) is 0. The van der Waals surface area contributed by atoms with Crippen molar-refractivity contribution >= 4 is 5.91 Å². The van der Waals surface area contributed by atoms with Gasteiger partial charge in [0.25, 0.3) is 5.91 Å². The van der Waals surface area contributed by atoms with E-state index in [4.69, 9.17) is 4.74 Å². The first-order valence-electron chi connectivity index (χ1n) is 12.4. The first kappa shape index (κ1) is 24.0. The predicted octanol–water partition coefficient (Wildman–Crippen LogP) is 5.38. The molecule has 2 heterocycles. The second-order valence-corrected chi connectivity index (χ2v) is 9.04. The van der Waals surface area contributed by atoms with Gasteiger partial charge in [0.1, 0.15) is 5.75 Å². The Labute approximate surface area is 203 Å². The van der Waals surface area contributed by atoms with Gasteiger partial charge in [-0.2, -0.15) is 0 Å². The molecule has 0 unspecified atom stereocenters. The Kier molecular flexibility index (Phi) is 8.69. The lowest BCUT2D eigenvalue weighted by molar-refractivity contribution is 0.0950. The summed E-state index contributed by atoms with van der Waals surface area (Å²) in [6, 6.07) is 18.5. The maximum atomic E-state index is 12.9. The third-order valence-corrected chi connectivity index (χ3v) is 6.23. The van der Waals surface area contributed by atoms with Gasteiger partial charge in [-0.15, -0.1) is 0 Å². The van der Waals surface area contributed by atoms with E-state index in [0.717, 1.165) is 55.8 Å². The molecule has 1 amide bonds. The van der Waals surface area contributed by atoms with E-state index in [2.05, 4.69) is 46.4 Å². The van der Waals surface area contributed by atoms with Gasteiger partial charge >= 0.3 is 0 Å². The lowest BCUT2D eigenvalue weighted by Gasteiger charge is -2.22. The molecule has 5 heteroatoms. The molecule has 5 nitrogen and oxygen atoms in total. The fourth-order valence-corrected chi connectivity index (χ4v) is 4.48. The molecule has 0 saturated carbocycles. The Morgan fingerprint density at radius 3 is 2.74 bits per heavy atom. The molecule has 0 atom stereocenters. The molecular formula is C29H35N3O2. The number of nitrogens with zero attached hydrogens (tertiary/aromatic N) is 2. The van der Waals surface area contributed by atoms with Crippen LogP contribution in [0, 0.1) is 0 Å². The quantitative estimate of drug-likeness (QED) is 0.559. The summed E-state index contributed by atoms with van der Waals surface area (Å²) in [6.07, 6.45) is 8.77. The summed E-state index contributed by atoms with van der Waals surface area (Å²) < 4.78 is 6.19. The Morgan fingerprint density at radius 1 is 1.03 bits per heavy atom. The lowest BCUT2D eigenvalue weighted by atomic mass is 9.99. The number of ether oxygens (including phenoxy) is 1. The Balaban J connectivity index is 1.54. The molecule has 0 radical (unpaired) electrons. The van der Waals surface area contributed by atoms with Crippen LogP contribution < -0.4 is 10.1 Å². The second-order valence-electron chi connectivity index (χ2n) is 9.04. The molecule has 4 rings (SSSR count). The van der Waals surface area contributed by atoms with Crippen LogP contribution in [-0.2, 0) is 19.5 Å². The van der Waals surface area contributed by atoms with Gasteiger partial charge in [0, 0.05) is 37.5 Å². The number of rotatable bonds is 5. The number of pyridine rings is 1. The second kappa shape index (κ2) is 12.3. The van der Waals surface area contributed by atoms with E-state index in [1.807, 2.05) is 30.3 Å². The zero-order valence-corrected chi connectivity index (χ0v) is 20.1. The summed E-state index contributed by atoms with van der Waals surface area (Å²) in [6.45, 7) is 6.67. The average molecular weight is 458 g/mol. The summed E-state index contributed by atoms with van der Waals surface area (Å²) in [5.41, 5.74) is 5.32. The third kappa shape index (κ3) is 6.91. The number of benzene rings is 2. The molecule has 1 aromatic heterocycles. The molecule has 0 aliphatic carbocycles. The number of nitrogens with one attached hydrogen (secondary N) is 1. The SMILES string of the molecule is CCCN1CCCCCOc2ccc(C(=O)NCc3ccncc3)cc2Cc2cccc(c2)C1. The Morgan fingerprint density at radius 2 is 1.88 bits per heavy atom. The van der Waals surface area contributed by atoms with Crippen LogP contribution in [0.3, 0.4) is 0 Å². The van der Waals surface area contributed by atoms with E-state index in [9.17, 15) is 4.79 Å². The van der Waals surface area contributed by atoms with Crippen molar-refractivity contribution in [1.29, 1.82) is 0 Å². The minimum absolute atomic E-state index is 0.0806. The van der Waals surface area contributed by atoms with Gasteiger partial charge in [0.05, 0.1) is 6.61 Å². The van der Waals surface area contributed by atoms with Crippen LogP contribution in [0.2, 0.25) is 0 Å². The van der Waals surface area contributed by atoms with Crippen LogP contribution in [0.15, 0.2) is 67.0 Å². The number of amides is 1. The first-order valence-corrected chi connectivity index (χ1v) is 12.4. The van der Waals surface area contributed by atoms with Crippen molar-refractivity contribution < 1.29 is 9.53 Å². The first-order chi connectivity index (χ1) is 16.7. The highest BCUT2D eigenvalue weighted by Crippen LogP contribution is 2.25. The highest BCUT2D eigenvalue weighted by atomic mass is 16.5. The van der Waals surface area contributed by atoms with Crippen LogP contribution in [0.25, 0.3) is 0 Å². The van der Waals surface area contributed by atoms with Gasteiger partial charge in [-0.05, 0) is 91.4 Å². The van der Waals surface area contributed by atoms with Crippen molar-refractivity contribution in [3.8, 4) is 5.75 Å². The molecule has 2 bridgehead atoms. The van der Waals surface area contributed by atoms with Crippen LogP contribution in [0.4, 0.5) is 0 Å². The lowest BCUT2D eigenvalue weighted by Crippen LogP contribution is -2.25. The summed E-state index contributed by atoms with van der Waals surface area (Å²) in [5, 5.41) is 3.02. The largest absolute Gasteiger partial charge is 0.493 e. The average Bonchev–Trinajstić information content (AvgIpc) is 2.86. The fraction of sp³-hybridized carbons (Fsp3) is 0.379. The van der Waals surface area contributed by atoms with Gasteiger partial charge in [-0.25, -0.2) is 0 Å². The van der Waals surface area contributed by atoms with E-state index in [1.54, 1.807) is 12.4 Å². The van der Waals surface area contributed by atoms with E-state index in [-0.39, 0.29) is 5.91 Å². The molecule has 34 heavy (non-hydrogen) atoms. The minimum Gasteiger partial charge on any atom is -0.493 e. The molecular weight excluding hydrogens is 422 g/mol. The van der Waals surface area contributed by atoms with Crippen molar-refractivity contribution in [2.75, 3.05) is 19.7 Å². The molecule has 3 aromatic rings. The van der Waals surface area contributed by atoms with E-state index < -0.39 is 0 Å². The Bertz CT molecular complexity index is 1070.